The zero-order chi connectivity index (χ0) is 18.4. The highest BCUT2D eigenvalue weighted by molar-refractivity contribution is 5.92. The van der Waals surface area contributed by atoms with Gasteiger partial charge in [0.2, 0.25) is 5.91 Å². The Balaban J connectivity index is 1.55. The number of carbonyl (C=O) groups excluding carboxylic acids is 1. The number of halogens is 1. The molecule has 1 aliphatic rings. The third kappa shape index (κ3) is 4.95. The lowest BCUT2D eigenvalue weighted by atomic mass is 10.1. The van der Waals surface area contributed by atoms with Gasteiger partial charge in [0.05, 0.1) is 19.6 Å². The third-order valence-electron chi connectivity index (χ3n) is 4.16. The monoisotopic (exact) mass is 359 g/mol. The van der Waals surface area contributed by atoms with Crippen LogP contribution in [0.5, 0.6) is 11.5 Å². The minimum atomic E-state index is -0.484. The molecule has 1 amide bonds. The number of benzene rings is 2. The van der Waals surface area contributed by atoms with Crippen LogP contribution in [0.4, 0.5) is 10.1 Å². The van der Waals surface area contributed by atoms with Crippen LogP contribution < -0.4 is 14.8 Å². The van der Waals surface area contributed by atoms with E-state index in [0.29, 0.717) is 23.6 Å². The summed E-state index contributed by atoms with van der Waals surface area (Å²) in [4.78, 5) is 12.2. The van der Waals surface area contributed by atoms with Gasteiger partial charge in [-0.15, -0.1) is 0 Å². The molecule has 1 unspecified atom stereocenters. The first kappa shape index (κ1) is 18.2. The van der Waals surface area contributed by atoms with Crippen LogP contribution >= 0.6 is 0 Å². The highest BCUT2D eigenvalue weighted by atomic mass is 19.1. The molecule has 5 nitrogen and oxygen atoms in total. The Morgan fingerprint density at radius 2 is 2.19 bits per heavy atom. The molecule has 0 saturated carbocycles. The van der Waals surface area contributed by atoms with E-state index in [2.05, 4.69) is 5.32 Å². The zero-order valence-electron chi connectivity index (χ0n) is 14.7. The minimum absolute atomic E-state index is 0.0713. The van der Waals surface area contributed by atoms with E-state index >= 15 is 0 Å². The maximum Gasteiger partial charge on any atom is 0.228 e. The first-order valence-corrected chi connectivity index (χ1v) is 8.61. The average molecular weight is 359 g/mol. The first-order chi connectivity index (χ1) is 12.6. The molecule has 1 N–H and O–H groups in total. The summed E-state index contributed by atoms with van der Waals surface area (Å²) in [6.07, 6.45) is 2.28. The summed E-state index contributed by atoms with van der Waals surface area (Å²) in [7, 11) is 1.40. The summed E-state index contributed by atoms with van der Waals surface area (Å²) < 4.78 is 29.8. The number of nitrogens with one attached hydrogen (secondary N) is 1. The molecular weight excluding hydrogens is 337 g/mol. The van der Waals surface area contributed by atoms with Gasteiger partial charge in [-0.3, -0.25) is 4.79 Å². The van der Waals surface area contributed by atoms with Crippen LogP contribution in [0.1, 0.15) is 18.4 Å². The maximum absolute atomic E-state index is 13.7. The fourth-order valence-corrected chi connectivity index (χ4v) is 2.84. The number of carbonyl (C=O) groups is 1. The van der Waals surface area contributed by atoms with Crippen molar-refractivity contribution in [2.45, 2.75) is 25.4 Å². The number of ether oxygens (including phenoxy) is 3. The van der Waals surface area contributed by atoms with E-state index in [1.807, 2.05) is 12.1 Å². The first-order valence-electron chi connectivity index (χ1n) is 8.61. The predicted octanol–water partition coefficient (Wildman–Crippen LogP) is 3.57. The van der Waals surface area contributed by atoms with E-state index in [4.69, 9.17) is 14.2 Å². The number of rotatable bonds is 7. The van der Waals surface area contributed by atoms with Crippen LogP contribution in [0.15, 0.2) is 42.5 Å². The molecular formula is C20H22FNO4. The molecule has 0 radical (unpaired) electrons. The Bertz CT molecular complexity index is 759. The van der Waals surface area contributed by atoms with Crippen molar-refractivity contribution >= 4 is 11.6 Å². The Labute approximate surface area is 152 Å². The van der Waals surface area contributed by atoms with Crippen molar-refractivity contribution in [1.82, 2.24) is 0 Å². The largest absolute Gasteiger partial charge is 0.494 e. The molecule has 138 valence electrons. The molecule has 6 heteroatoms. The van der Waals surface area contributed by atoms with Crippen LogP contribution in [0.2, 0.25) is 0 Å². The van der Waals surface area contributed by atoms with Crippen molar-refractivity contribution in [3.63, 3.8) is 0 Å². The Morgan fingerprint density at radius 3 is 2.92 bits per heavy atom. The van der Waals surface area contributed by atoms with Gasteiger partial charge in [0.15, 0.2) is 11.6 Å². The molecule has 1 atom stereocenters. The second kappa shape index (κ2) is 8.67. The van der Waals surface area contributed by atoms with Crippen LogP contribution in [0.3, 0.4) is 0 Å². The second-order valence-corrected chi connectivity index (χ2v) is 6.17. The van der Waals surface area contributed by atoms with Crippen LogP contribution in [0, 0.1) is 5.82 Å². The molecule has 0 bridgehead atoms. The standard InChI is InChI=1S/C20H22FNO4/c1-24-19-8-7-14(10-18(19)21)11-20(23)22-15-4-2-5-16(12-15)26-13-17-6-3-9-25-17/h2,4-5,7-8,10,12,17H,3,6,9,11,13H2,1H3,(H,22,23). The van der Waals surface area contributed by atoms with Gasteiger partial charge in [0, 0.05) is 18.4 Å². The van der Waals surface area contributed by atoms with Crippen molar-refractivity contribution in [2.75, 3.05) is 25.6 Å². The highest BCUT2D eigenvalue weighted by Gasteiger charge is 2.16. The summed E-state index contributed by atoms with van der Waals surface area (Å²) in [5.41, 5.74) is 1.21. The summed E-state index contributed by atoms with van der Waals surface area (Å²) in [6.45, 7) is 1.29. The van der Waals surface area contributed by atoms with Gasteiger partial charge in [-0.25, -0.2) is 4.39 Å². The Morgan fingerprint density at radius 1 is 1.31 bits per heavy atom. The van der Waals surface area contributed by atoms with Gasteiger partial charge in [-0.2, -0.15) is 0 Å². The van der Waals surface area contributed by atoms with Crippen molar-refractivity contribution in [2.24, 2.45) is 0 Å². The molecule has 0 aliphatic carbocycles. The van der Waals surface area contributed by atoms with Gasteiger partial charge >= 0.3 is 0 Å². The maximum atomic E-state index is 13.7. The molecule has 26 heavy (non-hydrogen) atoms. The lowest BCUT2D eigenvalue weighted by Crippen LogP contribution is -2.17. The summed E-state index contributed by atoms with van der Waals surface area (Å²) >= 11 is 0. The number of anilines is 1. The molecule has 1 aliphatic heterocycles. The number of amides is 1. The second-order valence-electron chi connectivity index (χ2n) is 6.17. The van der Waals surface area contributed by atoms with E-state index in [1.54, 1.807) is 18.2 Å². The molecule has 1 saturated heterocycles. The average Bonchev–Trinajstić information content (AvgIpc) is 3.14. The van der Waals surface area contributed by atoms with Crippen LogP contribution in [-0.2, 0) is 16.0 Å². The van der Waals surface area contributed by atoms with Crippen LogP contribution in [-0.4, -0.2) is 32.3 Å². The van der Waals surface area contributed by atoms with E-state index in [1.165, 1.54) is 19.2 Å². The fraction of sp³-hybridized carbons (Fsp3) is 0.350. The highest BCUT2D eigenvalue weighted by Crippen LogP contribution is 2.21. The Hall–Kier alpha value is -2.60. The number of hydrogen-bond acceptors (Lipinski definition) is 4. The molecule has 2 aromatic rings. The lowest BCUT2D eigenvalue weighted by molar-refractivity contribution is -0.115. The van der Waals surface area contributed by atoms with E-state index in [0.717, 1.165) is 19.4 Å². The molecule has 1 heterocycles. The Kier molecular flexibility index (Phi) is 6.07. The molecule has 2 aromatic carbocycles. The quantitative estimate of drug-likeness (QED) is 0.821. The van der Waals surface area contributed by atoms with Crippen molar-refractivity contribution in [3.05, 3.63) is 53.8 Å². The molecule has 0 spiro atoms. The van der Waals surface area contributed by atoms with E-state index in [-0.39, 0.29) is 24.2 Å². The van der Waals surface area contributed by atoms with E-state index in [9.17, 15) is 9.18 Å². The van der Waals surface area contributed by atoms with Gasteiger partial charge < -0.3 is 19.5 Å². The smallest absolute Gasteiger partial charge is 0.228 e. The minimum Gasteiger partial charge on any atom is -0.494 e. The molecule has 1 fully saturated rings. The van der Waals surface area contributed by atoms with Gasteiger partial charge in [0.25, 0.3) is 0 Å². The van der Waals surface area contributed by atoms with Gasteiger partial charge in [-0.05, 0) is 42.7 Å². The summed E-state index contributed by atoms with van der Waals surface area (Å²) in [6, 6.07) is 11.7. The normalized spacial score (nSPS) is 16.3. The zero-order valence-corrected chi connectivity index (χ0v) is 14.7. The fourth-order valence-electron chi connectivity index (χ4n) is 2.84. The predicted molar refractivity (Wildman–Crippen MR) is 96.2 cm³/mol. The summed E-state index contributed by atoms with van der Waals surface area (Å²) in [5, 5.41) is 2.80. The van der Waals surface area contributed by atoms with Gasteiger partial charge in [0.1, 0.15) is 12.4 Å². The number of hydrogen-bond donors (Lipinski definition) is 1. The van der Waals surface area contributed by atoms with Crippen molar-refractivity contribution in [3.8, 4) is 11.5 Å². The van der Waals surface area contributed by atoms with Crippen LogP contribution in [0.25, 0.3) is 0 Å². The van der Waals surface area contributed by atoms with E-state index < -0.39 is 5.82 Å². The molecule has 3 rings (SSSR count). The topological polar surface area (TPSA) is 56.8 Å². The third-order valence-corrected chi connectivity index (χ3v) is 4.16. The SMILES string of the molecule is COc1ccc(CC(=O)Nc2cccc(OCC3CCCO3)c2)cc1F. The summed E-state index contributed by atoms with van der Waals surface area (Å²) in [5.74, 6) is 0.118. The number of methoxy groups -OCH3 is 1. The van der Waals surface area contributed by atoms with Gasteiger partial charge in [-0.1, -0.05) is 12.1 Å². The van der Waals surface area contributed by atoms with Crippen molar-refractivity contribution in [1.29, 1.82) is 0 Å². The van der Waals surface area contributed by atoms with Crippen molar-refractivity contribution < 1.29 is 23.4 Å². The molecule has 0 aromatic heterocycles. The lowest BCUT2D eigenvalue weighted by Gasteiger charge is -2.12.